The van der Waals surface area contributed by atoms with Gasteiger partial charge < -0.3 is 5.73 Å². The molecule has 0 saturated heterocycles. The third-order valence-electron chi connectivity index (χ3n) is 4.62. The van der Waals surface area contributed by atoms with Crippen LogP contribution in [0.1, 0.15) is 51.5 Å². The molecule has 1 aliphatic rings. The molecule has 100 valence electrons. The summed E-state index contributed by atoms with van der Waals surface area (Å²) < 4.78 is 0. The van der Waals surface area contributed by atoms with Gasteiger partial charge in [0.05, 0.1) is 0 Å². The highest BCUT2D eigenvalue weighted by Crippen LogP contribution is 2.37. The predicted octanol–water partition coefficient (Wildman–Crippen LogP) is 4.16. The second kappa shape index (κ2) is 5.88. The van der Waals surface area contributed by atoms with Gasteiger partial charge in [-0.15, -0.1) is 0 Å². The zero-order valence-electron chi connectivity index (χ0n) is 11.9. The Morgan fingerprint density at radius 3 is 2.67 bits per heavy atom. The third-order valence-corrected chi connectivity index (χ3v) is 4.62. The van der Waals surface area contributed by atoms with Crippen LogP contribution in [0.25, 0.3) is 0 Å². The summed E-state index contributed by atoms with van der Waals surface area (Å²) >= 11 is 0. The molecule has 18 heavy (non-hydrogen) atoms. The van der Waals surface area contributed by atoms with Crippen molar-refractivity contribution < 1.29 is 0 Å². The Kier molecular flexibility index (Phi) is 4.45. The zero-order valence-corrected chi connectivity index (χ0v) is 11.9. The number of aryl methyl sites for hydroxylation is 1. The molecule has 0 amide bonds. The fourth-order valence-electron chi connectivity index (χ4n) is 3.28. The Morgan fingerprint density at radius 2 is 2.00 bits per heavy atom. The fourth-order valence-corrected chi connectivity index (χ4v) is 3.28. The van der Waals surface area contributed by atoms with Gasteiger partial charge in [-0.05, 0) is 43.1 Å². The molecule has 1 heteroatoms. The first kappa shape index (κ1) is 13.6. The van der Waals surface area contributed by atoms with Gasteiger partial charge in [0, 0.05) is 5.54 Å². The summed E-state index contributed by atoms with van der Waals surface area (Å²) in [6, 6.07) is 10.8. The molecule has 1 fully saturated rings. The van der Waals surface area contributed by atoms with Crippen molar-refractivity contribution in [3.05, 3.63) is 35.9 Å². The van der Waals surface area contributed by atoms with Crippen LogP contribution in [0, 0.1) is 11.8 Å². The minimum atomic E-state index is 0.0863. The van der Waals surface area contributed by atoms with E-state index in [4.69, 9.17) is 5.73 Å². The van der Waals surface area contributed by atoms with E-state index in [1.807, 2.05) is 0 Å². The maximum atomic E-state index is 6.64. The summed E-state index contributed by atoms with van der Waals surface area (Å²) in [6.07, 6.45) is 7.39. The summed E-state index contributed by atoms with van der Waals surface area (Å²) in [6.45, 7) is 4.68. The van der Waals surface area contributed by atoms with Crippen LogP contribution in [0.3, 0.4) is 0 Å². The SMILES string of the molecule is CC(C)C1CCCC(N)(CCc2ccccc2)C1. The number of hydrogen-bond donors (Lipinski definition) is 1. The zero-order chi connectivity index (χ0) is 13.0. The van der Waals surface area contributed by atoms with Crippen molar-refractivity contribution >= 4 is 0 Å². The molecule has 1 aromatic carbocycles. The highest BCUT2D eigenvalue weighted by Gasteiger charge is 2.33. The monoisotopic (exact) mass is 245 g/mol. The first-order chi connectivity index (χ1) is 8.59. The summed E-state index contributed by atoms with van der Waals surface area (Å²) in [5.74, 6) is 1.62. The second-order valence-corrected chi connectivity index (χ2v) is 6.45. The predicted molar refractivity (Wildman–Crippen MR) is 78.5 cm³/mol. The maximum Gasteiger partial charge on any atom is 0.0160 e. The van der Waals surface area contributed by atoms with Crippen molar-refractivity contribution in [2.75, 3.05) is 0 Å². The number of nitrogens with two attached hydrogens (primary N) is 1. The summed E-state index contributed by atoms with van der Waals surface area (Å²) in [4.78, 5) is 0. The number of hydrogen-bond acceptors (Lipinski definition) is 1. The lowest BCUT2D eigenvalue weighted by Crippen LogP contribution is -2.45. The normalized spacial score (nSPS) is 28.6. The fraction of sp³-hybridized carbons (Fsp3) is 0.647. The van der Waals surface area contributed by atoms with Crippen LogP contribution in [0.5, 0.6) is 0 Å². The largest absolute Gasteiger partial charge is 0.325 e. The van der Waals surface area contributed by atoms with Gasteiger partial charge in [0.25, 0.3) is 0 Å². The lowest BCUT2D eigenvalue weighted by atomic mass is 9.70. The molecule has 2 unspecified atom stereocenters. The standard InChI is InChI=1S/C17H27N/c1-14(2)16-9-6-11-17(18,13-16)12-10-15-7-4-3-5-8-15/h3-5,7-8,14,16H,6,9-13,18H2,1-2H3. The molecular formula is C17H27N. The average Bonchev–Trinajstić information content (AvgIpc) is 2.38. The Bertz CT molecular complexity index is 357. The van der Waals surface area contributed by atoms with Crippen LogP contribution >= 0.6 is 0 Å². The molecule has 2 N–H and O–H groups in total. The highest BCUT2D eigenvalue weighted by molar-refractivity contribution is 5.15. The summed E-state index contributed by atoms with van der Waals surface area (Å²) in [5, 5.41) is 0. The van der Waals surface area contributed by atoms with E-state index in [2.05, 4.69) is 44.2 Å². The van der Waals surface area contributed by atoms with E-state index < -0.39 is 0 Å². The van der Waals surface area contributed by atoms with Crippen molar-refractivity contribution in [3.8, 4) is 0 Å². The topological polar surface area (TPSA) is 26.0 Å². The van der Waals surface area contributed by atoms with Gasteiger partial charge in [-0.3, -0.25) is 0 Å². The molecule has 0 heterocycles. The van der Waals surface area contributed by atoms with Gasteiger partial charge in [0.1, 0.15) is 0 Å². The van der Waals surface area contributed by atoms with Gasteiger partial charge in [0.2, 0.25) is 0 Å². The lowest BCUT2D eigenvalue weighted by molar-refractivity contribution is 0.175. The van der Waals surface area contributed by atoms with E-state index in [1.54, 1.807) is 0 Å². The van der Waals surface area contributed by atoms with Crippen LogP contribution in [0.2, 0.25) is 0 Å². The van der Waals surface area contributed by atoms with E-state index in [9.17, 15) is 0 Å². The van der Waals surface area contributed by atoms with Crippen LogP contribution in [0.15, 0.2) is 30.3 Å². The third kappa shape index (κ3) is 3.58. The minimum Gasteiger partial charge on any atom is -0.325 e. The van der Waals surface area contributed by atoms with Gasteiger partial charge in [-0.1, -0.05) is 57.0 Å². The summed E-state index contributed by atoms with van der Waals surface area (Å²) in [5.41, 5.74) is 8.15. The number of rotatable bonds is 4. The van der Waals surface area contributed by atoms with Gasteiger partial charge in [-0.25, -0.2) is 0 Å². The van der Waals surface area contributed by atoms with Crippen LogP contribution in [0.4, 0.5) is 0 Å². The van der Waals surface area contributed by atoms with E-state index >= 15 is 0 Å². The van der Waals surface area contributed by atoms with Crippen molar-refractivity contribution in [2.24, 2.45) is 17.6 Å². The molecule has 2 atom stereocenters. The van der Waals surface area contributed by atoms with E-state index in [0.717, 1.165) is 24.7 Å². The van der Waals surface area contributed by atoms with Crippen molar-refractivity contribution in [1.82, 2.24) is 0 Å². The molecular weight excluding hydrogens is 218 g/mol. The van der Waals surface area contributed by atoms with Crippen LogP contribution in [-0.2, 0) is 6.42 Å². The molecule has 1 nitrogen and oxygen atoms in total. The number of benzene rings is 1. The lowest BCUT2D eigenvalue weighted by Gasteiger charge is -2.40. The Hall–Kier alpha value is -0.820. The maximum absolute atomic E-state index is 6.64. The molecule has 2 rings (SSSR count). The first-order valence-electron chi connectivity index (χ1n) is 7.42. The highest BCUT2D eigenvalue weighted by atomic mass is 14.7. The Labute approximate surface area is 112 Å². The molecule has 0 spiro atoms. The van der Waals surface area contributed by atoms with Gasteiger partial charge in [-0.2, -0.15) is 0 Å². The van der Waals surface area contributed by atoms with E-state index in [1.165, 1.54) is 31.2 Å². The smallest absolute Gasteiger partial charge is 0.0160 e. The van der Waals surface area contributed by atoms with Crippen molar-refractivity contribution in [2.45, 2.75) is 57.9 Å². The van der Waals surface area contributed by atoms with Crippen LogP contribution in [-0.4, -0.2) is 5.54 Å². The molecule has 0 aliphatic heterocycles. The average molecular weight is 245 g/mol. The van der Waals surface area contributed by atoms with Gasteiger partial charge in [0.15, 0.2) is 0 Å². The van der Waals surface area contributed by atoms with Crippen LogP contribution < -0.4 is 5.73 Å². The molecule has 0 bridgehead atoms. The molecule has 1 saturated carbocycles. The minimum absolute atomic E-state index is 0.0863. The molecule has 1 aromatic rings. The Morgan fingerprint density at radius 1 is 1.28 bits per heavy atom. The molecule has 1 aliphatic carbocycles. The van der Waals surface area contributed by atoms with Crippen molar-refractivity contribution in [1.29, 1.82) is 0 Å². The Balaban J connectivity index is 1.91. The molecule has 0 radical (unpaired) electrons. The molecule has 0 aromatic heterocycles. The van der Waals surface area contributed by atoms with Gasteiger partial charge >= 0.3 is 0 Å². The van der Waals surface area contributed by atoms with E-state index in [-0.39, 0.29) is 5.54 Å². The van der Waals surface area contributed by atoms with Crippen molar-refractivity contribution in [3.63, 3.8) is 0 Å². The first-order valence-corrected chi connectivity index (χ1v) is 7.42. The second-order valence-electron chi connectivity index (χ2n) is 6.45. The van der Waals surface area contributed by atoms with E-state index in [0.29, 0.717) is 0 Å². The quantitative estimate of drug-likeness (QED) is 0.846. The summed E-state index contributed by atoms with van der Waals surface area (Å²) in [7, 11) is 0.